The van der Waals surface area contributed by atoms with Crippen LogP contribution in [0.5, 0.6) is 5.75 Å². The van der Waals surface area contributed by atoms with Crippen molar-refractivity contribution in [3.05, 3.63) is 28.5 Å². The molecule has 4 heteroatoms. The van der Waals surface area contributed by atoms with Crippen LogP contribution in [-0.4, -0.2) is 6.61 Å². The van der Waals surface area contributed by atoms with E-state index in [2.05, 4.69) is 0 Å². The molecule has 2 nitrogen and oxygen atoms in total. The maximum Gasteiger partial charge on any atom is 0.143 e. The lowest BCUT2D eigenvalue weighted by atomic mass is 9.88. The molecule has 1 aromatic carbocycles. The van der Waals surface area contributed by atoms with Crippen LogP contribution < -0.4 is 10.5 Å². The highest BCUT2D eigenvalue weighted by Gasteiger charge is 2.35. The van der Waals surface area contributed by atoms with E-state index >= 15 is 0 Å². The lowest BCUT2D eigenvalue weighted by molar-refractivity contribution is 0.287. The fourth-order valence-electron chi connectivity index (χ4n) is 2.84. The molecule has 0 amide bonds. The Morgan fingerprint density at radius 1 is 1.32 bits per heavy atom. The monoisotopic (exact) mass is 283 g/mol. The topological polar surface area (TPSA) is 35.2 Å². The van der Waals surface area contributed by atoms with Crippen molar-refractivity contribution in [3.63, 3.8) is 0 Å². The minimum absolute atomic E-state index is 0.338. The molecule has 2 fully saturated rings. The summed E-state index contributed by atoms with van der Waals surface area (Å²) >= 11 is 6.16. The number of rotatable bonds is 4. The summed E-state index contributed by atoms with van der Waals surface area (Å²) in [5.74, 6) is 0.890. The predicted octanol–water partition coefficient (Wildman–Crippen LogP) is 4.00. The normalized spacial score (nSPS) is 21.6. The van der Waals surface area contributed by atoms with Gasteiger partial charge in [-0.1, -0.05) is 24.4 Å². The summed E-state index contributed by atoms with van der Waals surface area (Å²) in [6, 6.07) is 2.81. The molecule has 2 saturated carbocycles. The molecule has 2 aliphatic rings. The van der Waals surface area contributed by atoms with Gasteiger partial charge in [0.05, 0.1) is 11.6 Å². The molecule has 0 radical (unpaired) electrons. The van der Waals surface area contributed by atoms with Crippen molar-refractivity contribution in [1.82, 2.24) is 0 Å². The van der Waals surface area contributed by atoms with Gasteiger partial charge in [-0.05, 0) is 43.7 Å². The van der Waals surface area contributed by atoms with Crippen LogP contribution in [0.2, 0.25) is 5.02 Å². The molecule has 2 aliphatic carbocycles. The van der Waals surface area contributed by atoms with Crippen molar-refractivity contribution in [3.8, 4) is 5.75 Å². The summed E-state index contributed by atoms with van der Waals surface area (Å²) < 4.78 is 19.5. The fourth-order valence-corrected chi connectivity index (χ4v) is 3.10. The van der Waals surface area contributed by atoms with Crippen LogP contribution in [0.3, 0.4) is 0 Å². The van der Waals surface area contributed by atoms with E-state index < -0.39 is 5.54 Å². The van der Waals surface area contributed by atoms with Crippen LogP contribution in [0.1, 0.15) is 44.1 Å². The van der Waals surface area contributed by atoms with E-state index in [-0.39, 0.29) is 5.82 Å². The maximum absolute atomic E-state index is 13.6. The number of nitrogens with two attached hydrogens (primary N) is 1. The molecule has 0 saturated heterocycles. The second-order valence-electron chi connectivity index (χ2n) is 5.88. The van der Waals surface area contributed by atoms with Gasteiger partial charge in [-0.3, -0.25) is 0 Å². The van der Waals surface area contributed by atoms with Crippen molar-refractivity contribution in [2.75, 3.05) is 6.61 Å². The highest BCUT2D eigenvalue weighted by molar-refractivity contribution is 6.32. The third kappa shape index (κ3) is 2.72. The highest BCUT2D eigenvalue weighted by Crippen LogP contribution is 2.44. The molecule has 104 valence electrons. The Labute approximate surface area is 118 Å². The third-order valence-corrected chi connectivity index (χ3v) is 4.48. The zero-order chi connectivity index (χ0) is 13.5. The van der Waals surface area contributed by atoms with E-state index in [1.54, 1.807) is 0 Å². The average molecular weight is 284 g/mol. The van der Waals surface area contributed by atoms with E-state index in [0.29, 0.717) is 23.3 Å². The minimum atomic E-state index is -0.482. The van der Waals surface area contributed by atoms with Gasteiger partial charge in [0.25, 0.3) is 0 Å². The first-order valence-electron chi connectivity index (χ1n) is 7.00. The Hall–Kier alpha value is -0.800. The molecule has 0 unspecified atom stereocenters. The van der Waals surface area contributed by atoms with E-state index in [1.807, 2.05) is 0 Å². The van der Waals surface area contributed by atoms with Crippen molar-refractivity contribution in [2.45, 2.75) is 44.1 Å². The zero-order valence-electron chi connectivity index (χ0n) is 10.9. The largest absolute Gasteiger partial charge is 0.491 e. The molecule has 1 aromatic rings. The summed E-state index contributed by atoms with van der Waals surface area (Å²) in [6.45, 7) is 0.661. The van der Waals surface area contributed by atoms with Crippen LogP contribution in [0.4, 0.5) is 4.39 Å². The van der Waals surface area contributed by atoms with Crippen molar-refractivity contribution >= 4 is 11.6 Å². The van der Waals surface area contributed by atoms with Gasteiger partial charge in [-0.15, -0.1) is 0 Å². The molecule has 0 aliphatic heterocycles. The summed E-state index contributed by atoms with van der Waals surface area (Å²) in [4.78, 5) is 0. The van der Waals surface area contributed by atoms with Crippen LogP contribution >= 0.6 is 11.6 Å². The predicted molar refractivity (Wildman–Crippen MR) is 74.0 cm³/mol. The second kappa shape index (κ2) is 4.95. The average Bonchev–Trinajstić information content (AvgIpc) is 3.08. The molecule has 0 bridgehead atoms. The van der Waals surface area contributed by atoms with Crippen LogP contribution in [0.15, 0.2) is 12.1 Å². The summed E-state index contributed by atoms with van der Waals surface area (Å²) in [6.07, 6.45) is 6.31. The van der Waals surface area contributed by atoms with Crippen molar-refractivity contribution in [2.24, 2.45) is 11.7 Å². The van der Waals surface area contributed by atoms with Crippen LogP contribution in [0.25, 0.3) is 0 Å². The van der Waals surface area contributed by atoms with E-state index in [9.17, 15) is 4.39 Å². The number of benzene rings is 1. The van der Waals surface area contributed by atoms with Gasteiger partial charge in [0.15, 0.2) is 0 Å². The molecule has 19 heavy (non-hydrogen) atoms. The molecule has 0 aromatic heterocycles. The lowest BCUT2D eigenvalue weighted by Crippen LogP contribution is -2.34. The summed E-state index contributed by atoms with van der Waals surface area (Å²) in [5.41, 5.74) is 6.70. The standard InChI is InChI=1S/C15H19ClFNO/c16-13-8-11(17)7-12(15(18)5-1-2-6-15)14(13)19-9-10-3-4-10/h7-8,10H,1-6,9,18H2. The Bertz CT molecular complexity index is 481. The molecule has 0 atom stereocenters. The maximum atomic E-state index is 13.6. The SMILES string of the molecule is NC1(c2cc(F)cc(Cl)c2OCC2CC2)CCCC1. The highest BCUT2D eigenvalue weighted by atomic mass is 35.5. The Balaban J connectivity index is 1.94. The van der Waals surface area contributed by atoms with Gasteiger partial charge >= 0.3 is 0 Å². The quantitative estimate of drug-likeness (QED) is 0.906. The van der Waals surface area contributed by atoms with Crippen molar-refractivity contribution < 1.29 is 9.13 Å². The van der Waals surface area contributed by atoms with E-state index in [0.717, 1.165) is 31.2 Å². The molecular weight excluding hydrogens is 265 g/mol. The van der Waals surface area contributed by atoms with Crippen molar-refractivity contribution in [1.29, 1.82) is 0 Å². The Morgan fingerprint density at radius 3 is 2.63 bits per heavy atom. The van der Waals surface area contributed by atoms with Gasteiger partial charge in [0, 0.05) is 11.1 Å². The van der Waals surface area contributed by atoms with E-state index in [4.69, 9.17) is 22.1 Å². The van der Waals surface area contributed by atoms with Gasteiger partial charge in [-0.2, -0.15) is 0 Å². The molecule has 0 spiro atoms. The first-order valence-corrected chi connectivity index (χ1v) is 7.37. The first kappa shape index (κ1) is 13.2. The van der Waals surface area contributed by atoms with Gasteiger partial charge in [0.1, 0.15) is 11.6 Å². The Morgan fingerprint density at radius 2 is 2.00 bits per heavy atom. The number of hydrogen-bond acceptors (Lipinski definition) is 2. The lowest BCUT2D eigenvalue weighted by Gasteiger charge is -2.27. The minimum Gasteiger partial charge on any atom is -0.491 e. The second-order valence-corrected chi connectivity index (χ2v) is 6.29. The number of hydrogen-bond donors (Lipinski definition) is 1. The first-order chi connectivity index (χ1) is 9.08. The third-order valence-electron chi connectivity index (χ3n) is 4.20. The molecule has 3 rings (SSSR count). The molecule has 0 heterocycles. The fraction of sp³-hybridized carbons (Fsp3) is 0.600. The smallest absolute Gasteiger partial charge is 0.143 e. The van der Waals surface area contributed by atoms with E-state index in [1.165, 1.54) is 25.0 Å². The molecular formula is C15H19ClFNO. The zero-order valence-corrected chi connectivity index (χ0v) is 11.7. The van der Waals surface area contributed by atoms with Gasteiger partial charge < -0.3 is 10.5 Å². The summed E-state index contributed by atoms with van der Waals surface area (Å²) in [5, 5.41) is 0.340. The van der Waals surface area contributed by atoms with Gasteiger partial charge in [-0.25, -0.2) is 4.39 Å². The Kier molecular flexibility index (Phi) is 3.44. The molecule has 2 N–H and O–H groups in total. The van der Waals surface area contributed by atoms with Crippen LogP contribution in [0, 0.1) is 11.7 Å². The summed E-state index contributed by atoms with van der Waals surface area (Å²) in [7, 11) is 0. The van der Waals surface area contributed by atoms with Crippen LogP contribution in [-0.2, 0) is 5.54 Å². The number of halogens is 2. The number of ether oxygens (including phenoxy) is 1. The van der Waals surface area contributed by atoms with Gasteiger partial charge in [0.2, 0.25) is 0 Å².